The number of carbonyl (C=O) groups excluding carboxylic acids is 1. The number of aliphatic hydroxyl groups excluding tert-OH is 1. The summed E-state index contributed by atoms with van der Waals surface area (Å²) < 4.78 is 23.6. The lowest BCUT2D eigenvalue weighted by Crippen LogP contribution is -2.45. The lowest BCUT2D eigenvalue weighted by Gasteiger charge is -2.25. The number of allylic oxidation sites excluding steroid dienone is 7. The van der Waals surface area contributed by atoms with Crippen molar-refractivity contribution in [2.24, 2.45) is 0 Å². The molecule has 3 N–H and O–H groups in total. The third kappa shape index (κ3) is 52.1. The zero-order chi connectivity index (χ0) is 49.2. The van der Waals surface area contributed by atoms with Crippen LogP contribution in [-0.2, 0) is 18.4 Å². The molecule has 0 aliphatic rings. The Labute approximate surface area is 416 Å². The van der Waals surface area contributed by atoms with Crippen LogP contribution in [0.25, 0.3) is 0 Å². The zero-order valence-electron chi connectivity index (χ0n) is 44.9. The normalized spacial score (nSPS) is 14.3. The number of hydrogen-bond donors (Lipinski definition) is 3. The van der Waals surface area contributed by atoms with Crippen molar-refractivity contribution in [1.82, 2.24) is 5.32 Å². The molecule has 8 nitrogen and oxygen atoms in total. The van der Waals surface area contributed by atoms with E-state index in [2.05, 4.69) is 55.6 Å². The summed E-state index contributed by atoms with van der Waals surface area (Å²) in [5, 5.41) is 13.8. The fraction of sp³-hybridized carbons (Fsp3) is 0.845. The Morgan fingerprint density at radius 1 is 0.507 bits per heavy atom. The van der Waals surface area contributed by atoms with Gasteiger partial charge in [0.1, 0.15) is 13.2 Å². The van der Waals surface area contributed by atoms with Crippen LogP contribution >= 0.6 is 7.82 Å². The van der Waals surface area contributed by atoms with Crippen LogP contribution in [0.1, 0.15) is 264 Å². The van der Waals surface area contributed by atoms with Crippen molar-refractivity contribution >= 4 is 13.7 Å². The van der Waals surface area contributed by atoms with Gasteiger partial charge in [0.05, 0.1) is 39.9 Å². The highest BCUT2D eigenvalue weighted by atomic mass is 31.2. The lowest BCUT2D eigenvalue weighted by atomic mass is 10.0. The Hall–Kier alpha value is -1.54. The van der Waals surface area contributed by atoms with Crippen LogP contribution in [0, 0.1) is 0 Å². The van der Waals surface area contributed by atoms with E-state index < -0.39 is 20.0 Å². The zero-order valence-corrected chi connectivity index (χ0v) is 45.8. The number of nitrogens with zero attached hydrogens (tertiary/aromatic N) is 1. The van der Waals surface area contributed by atoms with Gasteiger partial charge in [0.2, 0.25) is 5.91 Å². The van der Waals surface area contributed by atoms with E-state index in [4.69, 9.17) is 9.05 Å². The summed E-state index contributed by atoms with van der Waals surface area (Å²) in [6.45, 7) is 4.79. The Kier molecular flexibility index (Phi) is 48.3. The summed E-state index contributed by atoms with van der Waals surface area (Å²) in [5.74, 6) is -0.176. The van der Waals surface area contributed by atoms with Crippen LogP contribution in [-0.4, -0.2) is 73.4 Å². The Morgan fingerprint density at radius 3 is 1.24 bits per heavy atom. The predicted molar refractivity (Wildman–Crippen MR) is 291 cm³/mol. The van der Waals surface area contributed by atoms with E-state index in [1.54, 1.807) is 6.08 Å². The van der Waals surface area contributed by atoms with Gasteiger partial charge in [-0.2, -0.15) is 0 Å². The molecular weight excluding hydrogens is 852 g/mol. The summed E-state index contributed by atoms with van der Waals surface area (Å²) in [4.78, 5) is 23.2. The molecule has 0 saturated carbocycles. The number of phosphoric ester groups is 1. The molecule has 0 bridgehead atoms. The van der Waals surface area contributed by atoms with Crippen LogP contribution in [0.15, 0.2) is 48.6 Å². The minimum absolute atomic E-state index is 0.0620. The third-order valence-corrected chi connectivity index (χ3v) is 13.8. The molecule has 0 aliphatic heterocycles. The van der Waals surface area contributed by atoms with Crippen LogP contribution < -0.4 is 5.32 Å². The van der Waals surface area contributed by atoms with E-state index in [9.17, 15) is 19.4 Å². The van der Waals surface area contributed by atoms with Crippen LogP contribution in [0.5, 0.6) is 0 Å². The molecule has 0 aromatic heterocycles. The standard InChI is InChI=1S/C58H111N2O6P/c1-6-8-10-12-14-16-18-19-20-21-22-23-24-25-26-27-28-29-30-31-32-33-34-35-36-37-38-39-40-41-42-44-46-48-50-52-58(62)59-56(55-66-67(63,64)65-54-53-60(3,4)5)57(61)51-49-47-45-43-17-15-13-11-9-7-2/h18-19,21-22,24-25,49,51,56-57,61H,6-17,20,23,26-48,50,52-55H2,1-5H3,(H-,59,62,63,64)/p+1/b19-18-,22-21-,25-24-,51-49+. The van der Waals surface area contributed by atoms with Gasteiger partial charge in [0, 0.05) is 6.42 Å². The largest absolute Gasteiger partial charge is 0.472 e. The maximum absolute atomic E-state index is 12.9. The van der Waals surface area contributed by atoms with Gasteiger partial charge in [0.15, 0.2) is 0 Å². The second kappa shape index (κ2) is 49.4. The molecule has 0 rings (SSSR count). The predicted octanol–water partition coefficient (Wildman–Crippen LogP) is 17.2. The lowest BCUT2D eigenvalue weighted by molar-refractivity contribution is -0.870. The summed E-state index contributed by atoms with van der Waals surface area (Å²) in [6, 6.07) is -0.844. The van der Waals surface area contributed by atoms with E-state index in [1.807, 2.05) is 27.2 Å². The first-order valence-electron chi connectivity index (χ1n) is 28.5. The van der Waals surface area contributed by atoms with Gasteiger partial charge in [-0.1, -0.05) is 249 Å². The molecule has 0 aliphatic carbocycles. The SMILES string of the molecule is CCCCCCC/C=C\C/C=C\C/C=C\CCCCCCCCCCCCCCCCCCCCCCC(=O)NC(COP(=O)(O)OCC[N+](C)(C)C)C(O)/C=C/CCCCCCCCCC. The van der Waals surface area contributed by atoms with E-state index in [0.29, 0.717) is 17.4 Å². The summed E-state index contributed by atoms with van der Waals surface area (Å²) in [5.41, 5.74) is 0. The molecular formula is C58H112N2O6P+. The first-order valence-corrected chi connectivity index (χ1v) is 30.0. The van der Waals surface area contributed by atoms with Crippen LogP contribution in [0.4, 0.5) is 0 Å². The molecule has 3 unspecified atom stereocenters. The molecule has 67 heavy (non-hydrogen) atoms. The second-order valence-corrected chi connectivity index (χ2v) is 22.1. The molecule has 0 saturated heterocycles. The highest BCUT2D eigenvalue weighted by molar-refractivity contribution is 7.47. The second-order valence-electron chi connectivity index (χ2n) is 20.7. The molecule has 3 atom stereocenters. The minimum Gasteiger partial charge on any atom is -0.387 e. The smallest absolute Gasteiger partial charge is 0.387 e. The molecule has 0 spiro atoms. The van der Waals surface area contributed by atoms with Crippen molar-refractivity contribution in [3.05, 3.63) is 48.6 Å². The van der Waals surface area contributed by atoms with Crippen molar-refractivity contribution in [2.45, 2.75) is 276 Å². The number of aliphatic hydroxyl groups is 1. The topological polar surface area (TPSA) is 105 Å². The Balaban J connectivity index is 3.92. The minimum atomic E-state index is -4.34. The highest BCUT2D eigenvalue weighted by Gasteiger charge is 2.27. The van der Waals surface area contributed by atoms with Gasteiger partial charge in [-0.15, -0.1) is 0 Å². The van der Waals surface area contributed by atoms with Gasteiger partial charge in [-0.25, -0.2) is 4.57 Å². The number of carbonyl (C=O) groups is 1. The number of phosphoric acid groups is 1. The quantitative estimate of drug-likeness (QED) is 0.0243. The van der Waals surface area contributed by atoms with Crippen molar-refractivity contribution in [1.29, 1.82) is 0 Å². The molecule has 0 fully saturated rings. The maximum atomic E-state index is 12.9. The van der Waals surface area contributed by atoms with Gasteiger partial charge < -0.3 is 19.8 Å². The van der Waals surface area contributed by atoms with E-state index in [0.717, 1.165) is 51.4 Å². The fourth-order valence-corrected chi connectivity index (χ4v) is 9.02. The van der Waals surface area contributed by atoms with Crippen molar-refractivity contribution < 1.29 is 32.9 Å². The van der Waals surface area contributed by atoms with Crippen molar-refractivity contribution in [3.63, 3.8) is 0 Å². The van der Waals surface area contributed by atoms with E-state index in [1.165, 1.54) is 193 Å². The maximum Gasteiger partial charge on any atom is 0.472 e. The van der Waals surface area contributed by atoms with Crippen molar-refractivity contribution in [3.8, 4) is 0 Å². The van der Waals surface area contributed by atoms with E-state index >= 15 is 0 Å². The van der Waals surface area contributed by atoms with Gasteiger partial charge >= 0.3 is 7.82 Å². The highest BCUT2D eigenvalue weighted by Crippen LogP contribution is 2.43. The first kappa shape index (κ1) is 65.5. The van der Waals surface area contributed by atoms with Crippen molar-refractivity contribution in [2.75, 3.05) is 40.9 Å². The first-order chi connectivity index (χ1) is 32.5. The molecule has 0 aromatic carbocycles. The number of likely N-dealkylation sites (N-methyl/N-ethyl adjacent to an activating group) is 1. The number of quaternary nitrogens is 1. The molecule has 9 heteroatoms. The number of unbranched alkanes of at least 4 members (excludes halogenated alkanes) is 33. The van der Waals surface area contributed by atoms with Crippen LogP contribution in [0.2, 0.25) is 0 Å². The monoisotopic (exact) mass is 964 g/mol. The Morgan fingerprint density at radius 2 is 0.851 bits per heavy atom. The molecule has 1 amide bonds. The van der Waals surface area contributed by atoms with Gasteiger partial charge in [-0.3, -0.25) is 13.8 Å². The molecule has 0 aromatic rings. The average Bonchev–Trinajstić information content (AvgIpc) is 3.29. The number of hydrogen-bond acceptors (Lipinski definition) is 5. The number of nitrogens with one attached hydrogen (secondary N) is 1. The molecule has 0 heterocycles. The third-order valence-electron chi connectivity index (χ3n) is 12.8. The van der Waals surface area contributed by atoms with Gasteiger partial charge in [-0.05, 0) is 57.8 Å². The van der Waals surface area contributed by atoms with Gasteiger partial charge in [0.25, 0.3) is 0 Å². The summed E-state index contributed by atoms with van der Waals surface area (Å²) >= 11 is 0. The van der Waals surface area contributed by atoms with E-state index in [-0.39, 0.29) is 19.1 Å². The summed E-state index contributed by atoms with van der Waals surface area (Å²) in [7, 11) is 1.58. The number of amides is 1. The fourth-order valence-electron chi connectivity index (χ4n) is 8.29. The number of rotatable bonds is 52. The van der Waals surface area contributed by atoms with Crippen LogP contribution in [0.3, 0.4) is 0 Å². The average molecular weight is 965 g/mol. The summed E-state index contributed by atoms with van der Waals surface area (Å²) in [6.07, 6.45) is 65.2. The molecule has 0 radical (unpaired) electrons. The molecule has 394 valence electrons. The Bertz CT molecular complexity index is 1230.